The van der Waals surface area contributed by atoms with Gasteiger partial charge in [0.15, 0.2) is 5.92 Å². The third-order valence-electron chi connectivity index (χ3n) is 5.26. The van der Waals surface area contributed by atoms with Crippen LogP contribution < -0.4 is 5.32 Å². The van der Waals surface area contributed by atoms with Crippen molar-refractivity contribution in [1.29, 1.82) is 0 Å². The molecule has 172 valence electrons. The fourth-order valence-electron chi connectivity index (χ4n) is 3.93. The van der Waals surface area contributed by atoms with Gasteiger partial charge in [0, 0.05) is 12.0 Å². The highest BCUT2D eigenvalue weighted by Crippen LogP contribution is 2.41. The van der Waals surface area contributed by atoms with E-state index in [1.54, 1.807) is 20.8 Å². The van der Waals surface area contributed by atoms with Gasteiger partial charge in [-0.15, -0.1) is 0 Å². The van der Waals surface area contributed by atoms with E-state index in [1.807, 2.05) is 0 Å². The summed E-state index contributed by atoms with van der Waals surface area (Å²) in [6, 6.07) is 3.82. The molecule has 1 aliphatic rings. The van der Waals surface area contributed by atoms with E-state index in [0.29, 0.717) is 5.56 Å². The Morgan fingerprint density at radius 3 is 2.03 bits per heavy atom. The fraction of sp³-hybridized carbons (Fsp3) is 0.571. The van der Waals surface area contributed by atoms with Gasteiger partial charge in [-0.2, -0.15) is 13.2 Å². The minimum absolute atomic E-state index is 0.0785. The molecule has 0 saturated heterocycles. The number of amides is 1. The molecule has 1 saturated carbocycles. The minimum Gasteiger partial charge on any atom is -0.481 e. The van der Waals surface area contributed by atoms with Gasteiger partial charge in [-0.25, -0.2) is 4.79 Å². The van der Waals surface area contributed by atoms with Gasteiger partial charge in [-0.05, 0) is 63.6 Å². The molecule has 1 aromatic carbocycles. The van der Waals surface area contributed by atoms with E-state index < -0.39 is 59.2 Å². The molecule has 0 aliphatic heterocycles. The van der Waals surface area contributed by atoms with Crippen molar-refractivity contribution in [3.8, 4) is 0 Å². The summed E-state index contributed by atoms with van der Waals surface area (Å²) in [4.78, 5) is 35.2. The molecule has 3 N–H and O–H groups in total. The Bertz CT molecular complexity index is 802. The molecule has 0 radical (unpaired) electrons. The first-order valence-electron chi connectivity index (χ1n) is 9.81. The summed E-state index contributed by atoms with van der Waals surface area (Å²) < 4.78 is 44.0. The van der Waals surface area contributed by atoms with E-state index in [9.17, 15) is 37.8 Å². The number of carbonyl (C=O) groups is 3. The molecule has 1 aliphatic carbocycles. The first kappa shape index (κ1) is 24.5. The molecule has 1 fully saturated rings. The van der Waals surface area contributed by atoms with Crippen LogP contribution in [0.5, 0.6) is 0 Å². The van der Waals surface area contributed by atoms with Gasteiger partial charge in [0.1, 0.15) is 5.60 Å². The van der Waals surface area contributed by atoms with Crippen LogP contribution in [0.2, 0.25) is 0 Å². The summed E-state index contributed by atoms with van der Waals surface area (Å²) in [7, 11) is 0. The predicted octanol–water partition coefficient (Wildman–Crippen LogP) is 4.27. The quantitative estimate of drug-likeness (QED) is 0.584. The zero-order valence-electron chi connectivity index (χ0n) is 17.4. The molecule has 10 heteroatoms. The lowest BCUT2D eigenvalue weighted by Crippen LogP contribution is -2.46. The Morgan fingerprint density at radius 1 is 1.03 bits per heavy atom. The molecular formula is C21H26F3NO6. The number of aliphatic carboxylic acids is 2. The lowest BCUT2D eigenvalue weighted by molar-refractivity contribution is -0.158. The lowest BCUT2D eigenvalue weighted by Gasteiger charge is -2.38. The van der Waals surface area contributed by atoms with Gasteiger partial charge in [0.2, 0.25) is 0 Å². The van der Waals surface area contributed by atoms with E-state index in [1.165, 1.54) is 12.1 Å². The molecule has 0 unspecified atom stereocenters. The van der Waals surface area contributed by atoms with Crippen LogP contribution in [-0.2, 0) is 20.5 Å². The standard InChI is InChI=1S/C21H26F3NO6/c1-20(2,3)31-19(30)25-15-9-6-12(16(17(26)27)18(28)29)10-14(15)11-4-7-13(8-5-11)21(22,23)24/h4-5,7-8,12,14-16H,6,9-10H2,1-3H3,(H,25,30)(H,26,27)(H,28,29)/t12-,14+,15-/m1/s1. The molecule has 1 aromatic rings. The van der Waals surface area contributed by atoms with Crippen molar-refractivity contribution in [1.82, 2.24) is 5.32 Å². The number of alkyl carbamates (subject to hydrolysis) is 1. The Hall–Kier alpha value is -2.78. The van der Waals surface area contributed by atoms with Gasteiger partial charge in [0.25, 0.3) is 0 Å². The number of alkyl halides is 3. The zero-order valence-corrected chi connectivity index (χ0v) is 17.4. The number of hydrogen-bond acceptors (Lipinski definition) is 4. The number of carboxylic acid groups (broad SMARTS) is 2. The van der Waals surface area contributed by atoms with Crippen LogP contribution in [0, 0.1) is 11.8 Å². The average molecular weight is 445 g/mol. The molecule has 7 nitrogen and oxygen atoms in total. The molecule has 3 atom stereocenters. The summed E-state index contributed by atoms with van der Waals surface area (Å²) in [6.45, 7) is 5.05. The Labute approximate surface area is 177 Å². The van der Waals surface area contributed by atoms with E-state index in [0.717, 1.165) is 12.1 Å². The van der Waals surface area contributed by atoms with Crippen LogP contribution in [0.15, 0.2) is 24.3 Å². The van der Waals surface area contributed by atoms with Gasteiger partial charge in [-0.1, -0.05) is 12.1 Å². The summed E-state index contributed by atoms with van der Waals surface area (Å²) in [5, 5.41) is 21.4. The van der Waals surface area contributed by atoms with Gasteiger partial charge >= 0.3 is 24.2 Å². The van der Waals surface area contributed by atoms with Crippen molar-refractivity contribution in [2.24, 2.45) is 11.8 Å². The molecule has 0 spiro atoms. The molecule has 2 rings (SSSR count). The molecule has 0 bridgehead atoms. The van der Waals surface area contributed by atoms with Crippen LogP contribution in [0.3, 0.4) is 0 Å². The van der Waals surface area contributed by atoms with Gasteiger partial charge < -0.3 is 20.3 Å². The number of carboxylic acids is 2. The minimum atomic E-state index is -4.51. The molecule has 31 heavy (non-hydrogen) atoms. The zero-order chi connectivity index (χ0) is 23.6. The average Bonchev–Trinajstić information content (AvgIpc) is 2.60. The molecule has 1 amide bonds. The van der Waals surface area contributed by atoms with Crippen molar-refractivity contribution in [3.05, 3.63) is 35.4 Å². The van der Waals surface area contributed by atoms with Crippen LogP contribution in [0.1, 0.15) is 57.1 Å². The Morgan fingerprint density at radius 2 is 1.58 bits per heavy atom. The molecular weight excluding hydrogens is 419 g/mol. The second kappa shape index (κ2) is 9.15. The highest BCUT2D eigenvalue weighted by atomic mass is 19.4. The second-order valence-electron chi connectivity index (χ2n) is 8.71. The fourth-order valence-corrected chi connectivity index (χ4v) is 3.93. The van der Waals surface area contributed by atoms with Crippen molar-refractivity contribution >= 4 is 18.0 Å². The first-order valence-corrected chi connectivity index (χ1v) is 9.81. The first-order chi connectivity index (χ1) is 14.2. The highest BCUT2D eigenvalue weighted by Gasteiger charge is 2.42. The van der Waals surface area contributed by atoms with Crippen LogP contribution >= 0.6 is 0 Å². The maximum absolute atomic E-state index is 12.9. The topological polar surface area (TPSA) is 113 Å². The Balaban J connectivity index is 2.32. The SMILES string of the molecule is CC(C)(C)OC(=O)N[C@@H]1CC[C@@H](C(C(=O)O)C(=O)O)C[C@H]1c1ccc(C(F)(F)F)cc1. The maximum Gasteiger partial charge on any atom is 0.416 e. The number of benzene rings is 1. The maximum atomic E-state index is 12.9. The van der Waals surface area contributed by atoms with E-state index in [-0.39, 0.29) is 19.3 Å². The lowest BCUT2D eigenvalue weighted by atomic mass is 9.70. The van der Waals surface area contributed by atoms with Crippen molar-refractivity contribution in [3.63, 3.8) is 0 Å². The number of rotatable bonds is 5. The van der Waals surface area contributed by atoms with Gasteiger partial charge in [0.05, 0.1) is 5.56 Å². The number of halogens is 3. The number of ether oxygens (including phenoxy) is 1. The smallest absolute Gasteiger partial charge is 0.416 e. The van der Waals surface area contributed by atoms with E-state index in [2.05, 4.69) is 5.32 Å². The van der Waals surface area contributed by atoms with Crippen LogP contribution in [-0.4, -0.2) is 39.9 Å². The molecule has 0 heterocycles. The van der Waals surface area contributed by atoms with Crippen molar-refractivity contribution in [2.45, 2.75) is 63.8 Å². The predicted molar refractivity (Wildman–Crippen MR) is 103 cm³/mol. The summed E-state index contributed by atoms with van der Waals surface area (Å²) in [5.74, 6) is -5.89. The van der Waals surface area contributed by atoms with Gasteiger partial charge in [-0.3, -0.25) is 9.59 Å². The largest absolute Gasteiger partial charge is 0.481 e. The van der Waals surface area contributed by atoms with Crippen LogP contribution in [0.25, 0.3) is 0 Å². The van der Waals surface area contributed by atoms with E-state index >= 15 is 0 Å². The third-order valence-corrected chi connectivity index (χ3v) is 5.26. The monoisotopic (exact) mass is 445 g/mol. The number of nitrogens with one attached hydrogen (secondary N) is 1. The molecule has 0 aromatic heterocycles. The van der Waals surface area contributed by atoms with E-state index in [4.69, 9.17) is 4.74 Å². The van der Waals surface area contributed by atoms with Crippen molar-refractivity contribution in [2.75, 3.05) is 0 Å². The highest BCUT2D eigenvalue weighted by molar-refractivity contribution is 5.93. The summed E-state index contributed by atoms with van der Waals surface area (Å²) in [6.07, 6.45) is -4.66. The second-order valence-corrected chi connectivity index (χ2v) is 8.71. The van der Waals surface area contributed by atoms with Crippen molar-refractivity contribution < 1.29 is 42.5 Å². The normalized spacial score (nSPS) is 22.1. The number of hydrogen-bond donors (Lipinski definition) is 3. The summed E-state index contributed by atoms with van der Waals surface area (Å²) >= 11 is 0. The summed E-state index contributed by atoms with van der Waals surface area (Å²) in [5.41, 5.74) is -1.15. The Kier molecular flexibility index (Phi) is 7.23. The number of carbonyl (C=O) groups excluding carboxylic acids is 1. The third kappa shape index (κ3) is 6.60. The van der Waals surface area contributed by atoms with Crippen LogP contribution in [0.4, 0.5) is 18.0 Å².